The van der Waals surface area contributed by atoms with E-state index in [0.717, 1.165) is 32.7 Å². The molecule has 100 valence electrons. The van der Waals surface area contributed by atoms with Gasteiger partial charge < -0.3 is 0 Å². The van der Waals surface area contributed by atoms with Gasteiger partial charge in [-0.25, -0.2) is 0 Å². The summed E-state index contributed by atoms with van der Waals surface area (Å²) in [6.45, 7) is 4.07. The van der Waals surface area contributed by atoms with E-state index in [1.807, 2.05) is 37.7 Å². The summed E-state index contributed by atoms with van der Waals surface area (Å²) < 4.78 is 0. The zero-order chi connectivity index (χ0) is 13.8. The summed E-state index contributed by atoms with van der Waals surface area (Å²) in [7, 11) is 0. The Kier molecular flexibility index (Phi) is 5.20. The average Bonchev–Trinajstić information content (AvgIpc) is 2.39. The van der Waals surface area contributed by atoms with Gasteiger partial charge in [0.25, 0.3) is 0 Å². The lowest BCUT2D eigenvalue weighted by Crippen LogP contribution is -1.89. The van der Waals surface area contributed by atoms with Crippen molar-refractivity contribution < 1.29 is 0 Å². The summed E-state index contributed by atoms with van der Waals surface area (Å²) in [6, 6.07) is 12.3. The smallest absolute Gasteiger partial charge is 0.0475 e. The van der Waals surface area contributed by atoms with Crippen molar-refractivity contribution in [2.24, 2.45) is 0 Å². The molecule has 3 heteroatoms. The van der Waals surface area contributed by atoms with Gasteiger partial charge in [0, 0.05) is 21.6 Å². The van der Waals surface area contributed by atoms with E-state index in [-0.39, 0.29) is 0 Å². The molecule has 0 saturated heterocycles. The van der Waals surface area contributed by atoms with E-state index in [1.54, 1.807) is 0 Å². The van der Waals surface area contributed by atoms with Crippen molar-refractivity contribution in [3.05, 3.63) is 68.7 Å². The molecule has 0 saturated carbocycles. The molecule has 0 nitrogen and oxygen atoms in total. The maximum absolute atomic E-state index is 6.29. The number of thioether (sulfide) groups is 1. The molecule has 0 radical (unpaired) electrons. The van der Waals surface area contributed by atoms with Gasteiger partial charge in [-0.05, 0) is 36.1 Å². The molecule has 0 aliphatic carbocycles. The Morgan fingerprint density at radius 1 is 0.789 bits per heavy atom. The van der Waals surface area contributed by atoms with Crippen molar-refractivity contribution in [3.8, 4) is 0 Å². The summed E-state index contributed by atoms with van der Waals surface area (Å²) in [6.07, 6.45) is 0. The van der Waals surface area contributed by atoms with Crippen LogP contribution in [0.15, 0.2) is 36.4 Å². The Labute approximate surface area is 129 Å². The summed E-state index contributed by atoms with van der Waals surface area (Å²) in [4.78, 5) is 0. The largest absolute Gasteiger partial charge is 0.152 e. The van der Waals surface area contributed by atoms with Crippen LogP contribution in [0.5, 0.6) is 0 Å². The van der Waals surface area contributed by atoms with Crippen molar-refractivity contribution in [1.29, 1.82) is 0 Å². The van der Waals surface area contributed by atoms with Crippen molar-refractivity contribution in [3.63, 3.8) is 0 Å². The standard InChI is InChI=1S/C16H16Cl2S/c1-11-5-3-7-13(15(11)17)9-19-10-14-8-4-6-12(2)16(14)18/h3-8H,9-10H2,1-2H3. The first-order valence-corrected chi connectivity index (χ1v) is 8.06. The minimum absolute atomic E-state index is 0.880. The van der Waals surface area contributed by atoms with Gasteiger partial charge in [-0.15, -0.1) is 0 Å². The summed E-state index contributed by atoms with van der Waals surface area (Å²) in [5, 5.41) is 1.76. The topological polar surface area (TPSA) is 0 Å². The normalized spacial score (nSPS) is 10.7. The van der Waals surface area contributed by atoms with Gasteiger partial charge in [-0.3, -0.25) is 0 Å². The van der Waals surface area contributed by atoms with Crippen molar-refractivity contribution in [1.82, 2.24) is 0 Å². The van der Waals surface area contributed by atoms with E-state index in [2.05, 4.69) is 24.3 Å². The molecule has 0 aliphatic rings. The van der Waals surface area contributed by atoms with Crippen LogP contribution in [0, 0.1) is 13.8 Å². The van der Waals surface area contributed by atoms with Gasteiger partial charge in [0.2, 0.25) is 0 Å². The van der Waals surface area contributed by atoms with Crippen LogP contribution in [0.25, 0.3) is 0 Å². The number of hydrogen-bond donors (Lipinski definition) is 0. The van der Waals surface area contributed by atoms with Crippen LogP contribution in [0.4, 0.5) is 0 Å². The lowest BCUT2D eigenvalue weighted by Gasteiger charge is -2.08. The fourth-order valence-electron chi connectivity index (χ4n) is 1.91. The van der Waals surface area contributed by atoms with Crippen molar-refractivity contribution >= 4 is 35.0 Å². The molecular weight excluding hydrogens is 295 g/mol. The maximum Gasteiger partial charge on any atom is 0.0475 e. The van der Waals surface area contributed by atoms with E-state index >= 15 is 0 Å². The third-order valence-corrected chi connectivity index (χ3v) is 5.17. The van der Waals surface area contributed by atoms with Crippen LogP contribution in [0.3, 0.4) is 0 Å². The Hall–Kier alpha value is -0.630. The Morgan fingerprint density at radius 3 is 1.63 bits per heavy atom. The zero-order valence-electron chi connectivity index (χ0n) is 11.0. The predicted octanol–water partition coefficient (Wildman–Crippen LogP) is 6.04. The quantitative estimate of drug-likeness (QED) is 0.663. The van der Waals surface area contributed by atoms with E-state index in [9.17, 15) is 0 Å². The maximum atomic E-state index is 6.29. The van der Waals surface area contributed by atoms with Gasteiger partial charge >= 0.3 is 0 Å². The number of hydrogen-bond acceptors (Lipinski definition) is 1. The molecule has 0 unspecified atom stereocenters. The van der Waals surface area contributed by atoms with Crippen LogP contribution in [0.1, 0.15) is 22.3 Å². The first-order valence-electron chi connectivity index (χ1n) is 6.15. The Morgan fingerprint density at radius 2 is 1.21 bits per heavy atom. The lowest BCUT2D eigenvalue weighted by molar-refractivity contribution is 1.32. The molecule has 0 fully saturated rings. The monoisotopic (exact) mass is 310 g/mol. The fourth-order valence-corrected chi connectivity index (χ4v) is 3.48. The second-order valence-corrected chi connectivity index (χ2v) is 6.33. The van der Waals surface area contributed by atoms with Gasteiger partial charge in [0.15, 0.2) is 0 Å². The predicted molar refractivity (Wildman–Crippen MR) is 87.4 cm³/mol. The molecule has 2 rings (SSSR count). The van der Waals surface area contributed by atoms with Gasteiger partial charge in [0.05, 0.1) is 0 Å². The summed E-state index contributed by atoms with van der Waals surface area (Å²) in [5.41, 5.74) is 4.65. The highest BCUT2D eigenvalue weighted by molar-refractivity contribution is 7.97. The Bertz CT molecular complexity index is 527. The van der Waals surface area contributed by atoms with Crippen LogP contribution in [0.2, 0.25) is 10.0 Å². The fraction of sp³-hybridized carbons (Fsp3) is 0.250. The molecular formula is C16H16Cl2S. The third kappa shape index (κ3) is 3.68. The summed E-state index contributed by atoms with van der Waals surface area (Å²) >= 11 is 14.4. The highest BCUT2D eigenvalue weighted by atomic mass is 35.5. The van der Waals surface area contributed by atoms with E-state index < -0.39 is 0 Å². The number of aryl methyl sites for hydroxylation is 2. The molecule has 2 aromatic rings. The average molecular weight is 311 g/mol. The number of rotatable bonds is 4. The second kappa shape index (κ2) is 6.69. The van der Waals surface area contributed by atoms with Crippen LogP contribution >= 0.6 is 35.0 Å². The van der Waals surface area contributed by atoms with E-state index in [0.29, 0.717) is 0 Å². The van der Waals surface area contributed by atoms with Gasteiger partial charge in [0.1, 0.15) is 0 Å². The molecule has 0 N–H and O–H groups in total. The van der Waals surface area contributed by atoms with Crippen LogP contribution in [-0.4, -0.2) is 0 Å². The zero-order valence-corrected chi connectivity index (χ0v) is 13.4. The third-order valence-electron chi connectivity index (χ3n) is 3.06. The van der Waals surface area contributed by atoms with Crippen molar-refractivity contribution in [2.75, 3.05) is 0 Å². The molecule has 0 heterocycles. The molecule has 2 aromatic carbocycles. The highest BCUT2D eigenvalue weighted by Gasteiger charge is 2.05. The molecule has 0 aromatic heterocycles. The number of benzene rings is 2. The highest BCUT2D eigenvalue weighted by Crippen LogP contribution is 2.29. The first-order chi connectivity index (χ1) is 9.09. The molecule has 0 amide bonds. The van der Waals surface area contributed by atoms with Crippen molar-refractivity contribution in [2.45, 2.75) is 25.4 Å². The SMILES string of the molecule is Cc1cccc(CSCc2cccc(C)c2Cl)c1Cl. The minimum Gasteiger partial charge on any atom is -0.152 e. The van der Waals surface area contributed by atoms with E-state index in [4.69, 9.17) is 23.2 Å². The second-order valence-electron chi connectivity index (χ2n) is 4.59. The molecule has 0 atom stereocenters. The Balaban J connectivity index is 2.00. The molecule has 0 bridgehead atoms. The molecule has 19 heavy (non-hydrogen) atoms. The summed E-state index contributed by atoms with van der Waals surface area (Å²) in [5.74, 6) is 1.82. The first kappa shape index (κ1) is 14.8. The van der Waals surface area contributed by atoms with E-state index in [1.165, 1.54) is 11.1 Å². The minimum atomic E-state index is 0.880. The lowest BCUT2D eigenvalue weighted by atomic mass is 10.1. The van der Waals surface area contributed by atoms with Gasteiger partial charge in [-0.2, -0.15) is 11.8 Å². The van der Waals surface area contributed by atoms with Crippen LogP contribution in [-0.2, 0) is 11.5 Å². The molecule has 0 spiro atoms. The molecule has 0 aliphatic heterocycles. The van der Waals surface area contributed by atoms with Gasteiger partial charge in [-0.1, -0.05) is 59.6 Å². The van der Waals surface area contributed by atoms with Crippen LogP contribution < -0.4 is 0 Å². The number of halogens is 2.